The molecule has 1 aromatic heterocycles. The van der Waals surface area contributed by atoms with Gasteiger partial charge in [-0.3, -0.25) is 4.79 Å². The molecule has 0 radical (unpaired) electrons. The smallest absolute Gasteiger partial charge is 0.289 e. The third-order valence-corrected chi connectivity index (χ3v) is 6.85. The zero-order chi connectivity index (χ0) is 25.9. The molecule has 0 atom stereocenters. The van der Waals surface area contributed by atoms with E-state index in [-0.39, 0.29) is 11.0 Å². The van der Waals surface area contributed by atoms with Gasteiger partial charge < -0.3 is 10.4 Å². The van der Waals surface area contributed by atoms with E-state index in [1.54, 1.807) is 24.3 Å². The molecular weight excluding hydrogens is 492 g/mol. The number of nitrogens with zero attached hydrogens (tertiary/aromatic N) is 3. The minimum atomic E-state index is -0.178. The Balaban J connectivity index is 1.34. The van der Waals surface area contributed by atoms with E-state index in [1.807, 2.05) is 71.4 Å². The van der Waals surface area contributed by atoms with Gasteiger partial charge in [0.2, 0.25) is 0 Å². The van der Waals surface area contributed by atoms with E-state index < -0.39 is 0 Å². The highest BCUT2D eigenvalue weighted by Gasteiger charge is 2.23. The second kappa shape index (κ2) is 10.2. The predicted octanol–water partition coefficient (Wildman–Crippen LogP) is 7.44. The van der Waals surface area contributed by atoms with Crippen LogP contribution in [0.15, 0.2) is 125 Å². The minimum Gasteiger partial charge on any atom is -0.508 e. The highest BCUT2D eigenvalue weighted by atomic mass is 32.2. The maximum absolute atomic E-state index is 12.1. The topological polar surface area (TPSA) is 79.5 Å². The first-order valence-electron chi connectivity index (χ1n) is 12.0. The monoisotopic (exact) mass is 514 g/mol. The number of carbonyl (C=O) groups excluding carboxylic acids is 1. The largest absolute Gasteiger partial charge is 0.508 e. The molecule has 1 aliphatic rings. The van der Waals surface area contributed by atoms with E-state index >= 15 is 0 Å². The van der Waals surface area contributed by atoms with Crippen molar-refractivity contribution in [2.75, 3.05) is 0 Å². The van der Waals surface area contributed by atoms with Crippen LogP contribution < -0.4 is 5.32 Å². The molecule has 6 nitrogen and oxygen atoms in total. The predicted molar refractivity (Wildman–Crippen MR) is 154 cm³/mol. The number of phenols is 1. The lowest BCUT2D eigenvalue weighted by atomic mass is 10.1. The van der Waals surface area contributed by atoms with Crippen LogP contribution in [-0.4, -0.2) is 26.0 Å². The van der Waals surface area contributed by atoms with Crippen molar-refractivity contribution < 1.29 is 9.90 Å². The summed E-state index contributed by atoms with van der Waals surface area (Å²) in [7, 11) is 0. The third kappa shape index (κ3) is 5.00. The second-order valence-corrected chi connectivity index (χ2v) is 9.66. The van der Waals surface area contributed by atoms with E-state index in [0.717, 1.165) is 50.4 Å². The molecule has 1 aliphatic heterocycles. The summed E-state index contributed by atoms with van der Waals surface area (Å²) in [5.41, 5.74) is 6.54. The van der Waals surface area contributed by atoms with Gasteiger partial charge in [-0.15, -0.1) is 0 Å². The summed E-state index contributed by atoms with van der Waals surface area (Å²) in [4.78, 5) is 17.4. The molecule has 0 aliphatic carbocycles. The molecule has 0 saturated carbocycles. The van der Waals surface area contributed by atoms with Gasteiger partial charge in [-0.25, -0.2) is 9.67 Å². The van der Waals surface area contributed by atoms with Gasteiger partial charge in [-0.1, -0.05) is 72.8 Å². The van der Waals surface area contributed by atoms with Crippen LogP contribution in [0.4, 0.5) is 10.5 Å². The molecule has 5 aromatic rings. The van der Waals surface area contributed by atoms with Crippen LogP contribution in [0.25, 0.3) is 34.3 Å². The molecule has 1 fully saturated rings. The van der Waals surface area contributed by atoms with Crippen molar-refractivity contribution in [2.45, 2.75) is 0 Å². The summed E-state index contributed by atoms with van der Waals surface area (Å²) in [5, 5.41) is 17.1. The molecule has 7 heteroatoms. The minimum absolute atomic E-state index is 0.165. The molecule has 4 aromatic carbocycles. The van der Waals surface area contributed by atoms with Gasteiger partial charge in [0.25, 0.3) is 5.24 Å². The lowest BCUT2D eigenvalue weighted by Crippen LogP contribution is -2.18. The van der Waals surface area contributed by atoms with Gasteiger partial charge in [-0.05, 0) is 65.9 Å². The molecule has 2 N–H and O–H groups in total. The average molecular weight is 515 g/mol. The van der Waals surface area contributed by atoms with Crippen molar-refractivity contribution in [2.24, 2.45) is 4.99 Å². The number of hydrogen-bond acceptors (Lipinski definition) is 5. The molecule has 0 bridgehead atoms. The first kappa shape index (κ1) is 23.5. The Morgan fingerprint density at radius 2 is 1.47 bits per heavy atom. The molecule has 2 heterocycles. The summed E-state index contributed by atoms with van der Waals surface area (Å²) >= 11 is 1.11. The lowest BCUT2D eigenvalue weighted by molar-refractivity contribution is 0.265. The van der Waals surface area contributed by atoms with Crippen LogP contribution in [-0.2, 0) is 0 Å². The fourth-order valence-corrected chi connectivity index (χ4v) is 4.91. The summed E-state index contributed by atoms with van der Waals surface area (Å²) in [5.74, 6) is 0.652. The van der Waals surface area contributed by atoms with Crippen LogP contribution >= 0.6 is 11.8 Å². The zero-order valence-electron chi connectivity index (χ0n) is 20.2. The maximum Gasteiger partial charge on any atom is 0.289 e. The molecule has 0 unspecified atom stereocenters. The Kier molecular flexibility index (Phi) is 6.34. The number of carbonyl (C=O) groups is 1. The van der Waals surface area contributed by atoms with Crippen LogP contribution in [0.1, 0.15) is 5.56 Å². The highest BCUT2D eigenvalue weighted by molar-refractivity contribution is 8.18. The number of benzene rings is 4. The van der Waals surface area contributed by atoms with Gasteiger partial charge in [0.05, 0.1) is 27.7 Å². The van der Waals surface area contributed by atoms with E-state index in [0.29, 0.717) is 11.5 Å². The number of phenolic OH excluding ortho intramolecular Hbond substituents is 1. The van der Waals surface area contributed by atoms with Gasteiger partial charge in [-0.2, -0.15) is 5.10 Å². The first-order valence-corrected chi connectivity index (χ1v) is 12.8. The Morgan fingerprint density at radius 1 is 0.816 bits per heavy atom. The highest BCUT2D eigenvalue weighted by Crippen LogP contribution is 2.31. The molecule has 38 heavy (non-hydrogen) atoms. The molecular formula is C31H22N4O2S. The summed E-state index contributed by atoms with van der Waals surface area (Å²) in [6.07, 6.45) is 1.93. The molecule has 1 saturated heterocycles. The Labute approximate surface area is 224 Å². The SMILES string of the molecule is O=C1NC(=Nc2ccc(O)cc2)C(=Cc2ccc(-n3nc(-c4ccccc4)cc3-c3ccccc3)cc2)S1. The van der Waals surface area contributed by atoms with Crippen molar-refractivity contribution in [3.63, 3.8) is 0 Å². The first-order chi connectivity index (χ1) is 18.6. The number of thioether (sulfide) groups is 1. The number of rotatable bonds is 5. The molecule has 1 amide bonds. The lowest BCUT2D eigenvalue weighted by Gasteiger charge is -2.08. The van der Waals surface area contributed by atoms with Crippen LogP contribution in [0, 0.1) is 0 Å². The standard InChI is InChI=1S/C31H22N4O2S/c36-26-17-13-24(14-18-26)32-30-29(38-31(37)33-30)19-21-11-15-25(16-12-21)35-28(23-9-5-2-6-10-23)20-27(34-35)22-7-3-1-4-8-22/h1-20,36H,(H,32,33,37). The normalized spacial score (nSPS) is 15.2. The van der Waals surface area contributed by atoms with E-state index in [1.165, 1.54) is 0 Å². The van der Waals surface area contributed by atoms with E-state index in [4.69, 9.17) is 5.10 Å². The van der Waals surface area contributed by atoms with Crippen molar-refractivity contribution in [1.82, 2.24) is 15.1 Å². The second-order valence-electron chi connectivity index (χ2n) is 8.65. The van der Waals surface area contributed by atoms with Crippen molar-refractivity contribution in [3.8, 4) is 34.0 Å². The number of aromatic hydroxyl groups is 1. The number of amidine groups is 1. The Hall–Kier alpha value is -4.88. The Morgan fingerprint density at radius 3 is 2.16 bits per heavy atom. The Bertz CT molecular complexity index is 1660. The van der Waals surface area contributed by atoms with Crippen molar-refractivity contribution in [3.05, 3.63) is 126 Å². The van der Waals surface area contributed by atoms with Gasteiger partial charge in [0.15, 0.2) is 0 Å². The van der Waals surface area contributed by atoms with Gasteiger partial charge in [0.1, 0.15) is 11.6 Å². The number of hydrogen-bond donors (Lipinski definition) is 2. The van der Waals surface area contributed by atoms with Crippen molar-refractivity contribution in [1.29, 1.82) is 0 Å². The fourth-order valence-electron chi connectivity index (χ4n) is 4.17. The van der Waals surface area contributed by atoms with E-state index in [9.17, 15) is 9.90 Å². The summed E-state index contributed by atoms with van der Waals surface area (Å²) < 4.78 is 1.96. The number of nitrogens with one attached hydrogen (secondary N) is 1. The quantitative estimate of drug-likeness (QED) is 0.255. The van der Waals surface area contributed by atoms with Crippen molar-refractivity contribution >= 4 is 34.6 Å². The van der Waals surface area contributed by atoms with Gasteiger partial charge >= 0.3 is 0 Å². The number of aliphatic imine (C=N–C) groups is 1. The third-order valence-electron chi connectivity index (χ3n) is 6.03. The van der Waals surface area contributed by atoms with Crippen LogP contribution in [0.5, 0.6) is 5.75 Å². The fraction of sp³-hybridized carbons (Fsp3) is 0. The number of aromatic nitrogens is 2. The molecule has 6 rings (SSSR count). The summed E-state index contributed by atoms with van der Waals surface area (Å²) in [6.45, 7) is 0. The van der Waals surface area contributed by atoms with Gasteiger partial charge in [0, 0.05) is 11.1 Å². The summed E-state index contributed by atoms with van der Waals surface area (Å²) in [6, 6.07) is 37.0. The van der Waals surface area contributed by atoms with E-state index in [2.05, 4.69) is 40.6 Å². The maximum atomic E-state index is 12.1. The van der Waals surface area contributed by atoms with Crippen LogP contribution in [0.3, 0.4) is 0 Å². The van der Waals surface area contributed by atoms with Crippen LogP contribution in [0.2, 0.25) is 0 Å². The zero-order valence-corrected chi connectivity index (χ0v) is 21.0. The number of amides is 1. The average Bonchev–Trinajstić information content (AvgIpc) is 3.55. The molecule has 0 spiro atoms. The molecule has 184 valence electrons.